The number of ether oxygens (including phenoxy) is 1. The summed E-state index contributed by atoms with van der Waals surface area (Å²) in [7, 11) is 0. The summed E-state index contributed by atoms with van der Waals surface area (Å²) in [6.07, 6.45) is 0.734. The van der Waals surface area contributed by atoms with Gasteiger partial charge in [0.15, 0.2) is 0 Å². The van der Waals surface area contributed by atoms with E-state index in [9.17, 15) is 14.4 Å². The van der Waals surface area contributed by atoms with Crippen molar-refractivity contribution in [3.63, 3.8) is 0 Å². The van der Waals surface area contributed by atoms with E-state index in [1.165, 1.54) is 17.4 Å². The number of primary amides is 1. The molecule has 0 fully saturated rings. The molecule has 2 aromatic rings. The molecule has 4 N–H and O–H groups in total. The van der Waals surface area contributed by atoms with Crippen molar-refractivity contribution < 1.29 is 19.1 Å². The highest BCUT2D eigenvalue weighted by Crippen LogP contribution is 2.29. The van der Waals surface area contributed by atoms with Gasteiger partial charge in [0, 0.05) is 15.6 Å². The van der Waals surface area contributed by atoms with Crippen molar-refractivity contribution in [1.29, 1.82) is 0 Å². The summed E-state index contributed by atoms with van der Waals surface area (Å²) in [6.45, 7) is 3.80. The number of amides is 2. The van der Waals surface area contributed by atoms with Crippen LogP contribution >= 0.6 is 22.9 Å². The van der Waals surface area contributed by atoms with Gasteiger partial charge in [0.25, 0.3) is 5.91 Å². The minimum Gasteiger partial charge on any atom is -0.462 e. The molecule has 0 aliphatic heterocycles. The van der Waals surface area contributed by atoms with Crippen molar-refractivity contribution in [2.45, 2.75) is 20.3 Å². The molecule has 0 bridgehead atoms. The zero-order valence-corrected chi connectivity index (χ0v) is 16.5. The van der Waals surface area contributed by atoms with Gasteiger partial charge in [-0.2, -0.15) is 0 Å². The molecule has 0 radical (unpaired) electrons. The van der Waals surface area contributed by atoms with E-state index in [1.807, 2.05) is 6.92 Å². The summed E-state index contributed by atoms with van der Waals surface area (Å²) in [4.78, 5) is 36.8. The first-order valence-corrected chi connectivity index (χ1v) is 9.48. The third-order valence-corrected chi connectivity index (χ3v) is 5.00. The molecule has 0 unspecified atom stereocenters. The topological polar surface area (TPSA) is 111 Å². The molecule has 0 spiro atoms. The van der Waals surface area contributed by atoms with Crippen LogP contribution in [-0.2, 0) is 16.0 Å². The predicted octanol–water partition coefficient (Wildman–Crippen LogP) is 3.29. The smallest absolute Gasteiger partial charge is 0.341 e. The van der Waals surface area contributed by atoms with Gasteiger partial charge < -0.3 is 21.1 Å². The quantitative estimate of drug-likeness (QED) is 0.579. The van der Waals surface area contributed by atoms with E-state index in [2.05, 4.69) is 10.6 Å². The Morgan fingerprint density at radius 1 is 1.19 bits per heavy atom. The van der Waals surface area contributed by atoms with Gasteiger partial charge in [-0.3, -0.25) is 9.59 Å². The number of thiophene rings is 1. The van der Waals surface area contributed by atoms with Crippen LogP contribution in [0.2, 0.25) is 5.02 Å². The molecular formula is C18H20ClN3O4S. The van der Waals surface area contributed by atoms with Crippen molar-refractivity contribution in [3.05, 3.63) is 45.3 Å². The lowest BCUT2D eigenvalue weighted by Crippen LogP contribution is -2.24. The number of nitrogens with one attached hydrogen (secondary N) is 2. The van der Waals surface area contributed by atoms with Crippen molar-refractivity contribution in [2.75, 3.05) is 23.8 Å². The Morgan fingerprint density at radius 3 is 2.56 bits per heavy atom. The average Bonchev–Trinajstić information content (AvgIpc) is 3.03. The molecule has 27 heavy (non-hydrogen) atoms. The lowest BCUT2D eigenvalue weighted by Gasteiger charge is -2.11. The number of hydrogen-bond donors (Lipinski definition) is 3. The Kier molecular flexibility index (Phi) is 7.20. The molecule has 7 nitrogen and oxygen atoms in total. The van der Waals surface area contributed by atoms with Crippen LogP contribution in [0.1, 0.15) is 39.4 Å². The molecule has 1 heterocycles. The number of aryl methyl sites for hydroxylation is 1. The summed E-state index contributed by atoms with van der Waals surface area (Å²) >= 11 is 7.18. The number of anilines is 2. The first-order valence-electron chi connectivity index (χ1n) is 8.28. The second-order valence-electron chi connectivity index (χ2n) is 5.49. The van der Waals surface area contributed by atoms with Crippen LogP contribution in [0.25, 0.3) is 0 Å². The predicted molar refractivity (Wildman–Crippen MR) is 107 cm³/mol. The summed E-state index contributed by atoms with van der Waals surface area (Å²) in [6, 6.07) is 6.30. The van der Waals surface area contributed by atoms with Crippen LogP contribution in [0, 0.1) is 0 Å². The standard InChI is InChI=1S/C18H20ClN3O4S/c1-3-11-8-13(18(25)26-4-2)17(27-11)22-15(23)9-21-14-6-5-10(19)7-12(14)16(20)24/h5-8,21H,3-4,9H2,1-2H3,(H2,20,24)(H,22,23). The van der Waals surface area contributed by atoms with Gasteiger partial charge in [-0.05, 0) is 37.6 Å². The molecule has 1 aromatic carbocycles. The third kappa shape index (κ3) is 5.45. The van der Waals surface area contributed by atoms with Gasteiger partial charge in [0.2, 0.25) is 5.91 Å². The van der Waals surface area contributed by atoms with Crippen LogP contribution in [0.15, 0.2) is 24.3 Å². The average molecular weight is 410 g/mol. The zero-order valence-electron chi connectivity index (χ0n) is 14.9. The number of carbonyl (C=O) groups excluding carboxylic acids is 3. The molecule has 1 aromatic heterocycles. The second kappa shape index (κ2) is 9.38. The lowest BCUT2D eigenvalue weighted by atomic mass is 10.1. The highest BCUT2D eigenvalue weighted by molar-refractivity contribution is 7.16. The number of rotatable bonds is 8. The van der Waals surface area contributed by atoms with E-state index < -0.39 is 11.9 Å². The number of benzene rings is 1. The van der Waals surface area contributed by atoms with Gasteiger partial charge in [-0.25, -0.2) is 4.79 Å². The van der Waals surface area contributed by atoms with Crippen molar-refractivity contribution >= 4 is 51.4 Å². The maximum atomic E-state index is 12.3. The lowest BCUT2D eigenvalue weighted by molar-refractivity contribution is -0.114. The number of esters is 1. The van der Waals surface area contributed by atoms with Crippen LogP contribution in [-0.4, -0.2) is 30.9 Å². The van der Waals surface area contributed by atoms with Crippen molar-refractivity contribution in [2.24, 2.45) is 5.73 Å². The van der Waals surface area contributed by atoms with Gasteiger partial charge >= 0.3 is 5.97 Å². The monoisotopic (exact) mass is 409 g/mol. The Bertz CT molecular complexity index is 866. The highest BCUT2D eigenvalue weighted by atomic mass is 35.5. The van der Waals surface area contributed by atoms with E-state index in [1.54, 1.807) is 25.1 Å². The van der Waals surface area contributed by atoms with E-state index in [0.717, 1.165) is 11.3 Å². The van der Waals surface area contributed by atoms with Crippen LogP contribution < -0.4 is 16.4 Å². The fourth-order valence-electron chi connectivity index (χ4n) is 2.29. The van der Waals surface area contributed by atoms with E-state index in [4.69, 9.17) is 22.1 Å². The Labute approximate surface area is 165 Å². The molecule has 144 valence electrons. The molecular weight excluding hydrogens is 390 g/mol. The van der Waals surface area contributed by atoms with Gasteiger partial charge in [-0.15, -0.1) is 11.3 Å². The Balaban J connectivity index is 2.10. The van der Waals surface area contributed by atoms with Crippen LogP contribution in [0.4, 0.5) is 10.7 Å². The van der Waals surface area contributed by atoms with Crippen molar-refractivity contribution in [3.8, 4) is 0 Å². The Morgan fingerprint density at radius 2 is 1.93 bits per heavy atom. The minimum atomic E-state index is -0.657. The highest BCUT2D eigenvalue weighted by Gasteiger charge is 2.19. The maximum Gasteiger partial charge on any atom is 0.341 e. The van der Waals surface area contributed by atoms with Crippen LogP contribution in [0.3, 0.4) is 0 Å². The molecule has 0 atom stereocenters. The molecule has 0 aliphatic carbocycles. The van der Waals surface area contributed by atoms with Gasteiger partial charge in [0.1, 0.15) is 5.00 Å². The van der Waals surface area contributed by atoms with E-state index in [-0.39, 0.29) is 24.6 Å². The number of carbonyl (C=O) groups is 3. The number of nitrogens with two attached hydrogens (primary N) is 1. The molecule has 0 saturated carbocycles. The molecule has 2 amide bonds. The summed E-state index contributed by atoms with van der Waals surface area (Å²) in [5.41, 5.74) is 6.24. The second-order valence-corrected chi connectivity index (χ2v) is 7.06. The number of hydrogen-bond acceptors (Lipinski definition) is 6. The van der Waals surface area contributed by atoms with Gasteiger partial charge in [0.05, 0.1) is 24.3 Å². The Hall–Kier alpha value is -2.58. The number of halogens is 1. The zero-order chi connectivity index (χ0) is 20.0. The SMILES string of the molecule is CCOC(=O)c1cc(CC)sc1NC(=O)CNc1ccc(Cl)cc1C(N)=O. The molecule has 9 heteroatoms. The van der Waals surface area contributed by atoms with Gasteiger partial charge in [-0.1, -0.05) is 18.5 Å². The molecule has 0 aliphatic rings. The first-order chi connectivity index (χ1) is 12.8. The summed E-state index contributed by atoms with van der Waals surface area (Å²) in [5.74, 6) is -1.52. The maximum absolute atomic E-state index is 12.3. The summed E-state index contributed by atoms with van der Waals surface area (Å²) in [5, 5.41) is 6.36. The molecule has 0 saturated heterocycles. The third-order valence-electron chi connectivity index (χ3n) is 3.57. The fraction of sp³-hybridized carbons (Fsp3) is 0.278. The largest absolute Gasteiger partial charge is 0.462 e. The molecule has 2 rings (SSSR count). The van der Waals surface area contributed by atoms with E-state index >= 15 is 0 Å². The summed E-state index contributed by atoms with van der Waals surface area (Å²) < 4.78 is 5.03. The van der Waals surface area contributed by atoms with E-state index in [0.29, 0.717) is 21.3 Å². The van der Waals surface area contributed by atoms with Crippen LogP contribution in [0.5, 0.6) is 0 Å². The van der Waals surface area contributed by atoms with Crippen molar-refractivity contribution in [1.82, 2.24) is 0 Å². The minimum absolute atomic E-state index is 0.121. The fourth-order valence-corrected chi connectivity index (χ4v) is 3.46. The first kappa shape index (κ1) is 20.7. The normalized spacial score (nSPS) is 10.3.